The molecule has 4 aromatic rings. The lowest BCUT2D eigenvalue weighted by molar-refractivity contribution is -0.118. The van der Waals surface area contributed by atoms with Crippen molar-refractivity contribution in [3.63, 3.8) is 0 Å². The lowest BCUT2D eigenvalue weighted by Gasteiger charge is -2.31. The number of imidazole rings is 1. The normalized spacial score (nSPS) is 23.2. The Hall–Kier alpha value is -4.35. The van der Waals surface area contributed by atoms with E-state index >= 15 is 0 Å². The molecule has 2 aromatic carbocycles. The molecule has 0 saturated carbocycles. The maximum absolute atomic E-state index is 13.9. The van der Waals surface area contributed by atoms with Crippen LogP contribution < -0.4 is 20.3 Å². The van der Waals surface area contributed by atoms with E-state index in [0.717, 1.165) is 25.8 Å². The standard InChI is InChI=1S/C32H37N7O4/c1-5-32-17-12-18-33-24(21(32)4)29(43-32)38-19-34-25-26(38)35-30(36-27(40)20(2)3)37-28(25)42-31(41)39(22-13-8-6-9-14-22)23-15-10-7-11-16-23/h6-11,13-16,19-21,24,29,33H,5,12,17-18H2,1-4H3,(H,35,36,37,40)/t21-,24+,29+,32-/m0/s1. The summed E-state index contributed by atoms with van der Waals surface area (Å²) in [5.74, 6) is -0.354. The molecule has 4 heterocycles. The van der Waals surface area contributed by atoms with Gasteiger partial charge in [-0.25, -0.2) is 14.7 Å². The molecule has 11 nitrogen and oxygen atoms in total. The number of benzene rings is 2. The van der Waals surface area contributed by atoms with E-state index in [1.54, 1.807) is 20.2 Å². The molecule has 11 heteroatoms. The Balaban J connectivity index is 1.42. The van der Waals surface area contributed by atoms with Gasteiger partial charge in [-0.3, -0.25) is 14.7 Å². The fourth-order valence-corrected chi connectivity index (χ4v) is 6.13. The van der Waals surface area contributed by atoms with E-state index in [-0.39, 0.29) is 46.7 Å². The van der Waals surface area contributed by atoms with Crippen LogP contribution in [0.3, 0.4) is 0 Å². The number of para-hydroxylation sites is 2. The van der Waals surface area contributed by atoms with Crippen LogP contribution in [0.15, 0.2) is 67.0 Å². The highest BCUT2D eigenvalue weighted by Gasteiger charge is 2.53. The van der Waals surface area contributed by atoms with Gasteiger partial charge in [0.05, 0.1) is 29.3 Å². The van der Waals surface area contributed by atoms with Crippen LogP contribution in [0.2, 0.25) is 0 Å². The zero-order valence-electron chi connectivity index (χ0n) is 24.9. The number of anilines is 3. The Kier molecular flexibility index (Phi) is 7.85. The molecule has 43 heavy (non-hydrogen) atoms. The minimum Gasteiger partial charge on any atom is -0.388 e. The molecule has 2 fully saturated rings. The summed E-state index contributed by atoms with van der Waals surface area (Å²) in [6.07, 6.45) is 3.46. The molecule has 2 aromatic heterocycles. The van der Waals surface area contributed by atoms with Crippen LogP contribution in [0, 0.1) is 11.8 Å². The molecule has 2 amide bonds. The maximum atomic E-state index is 13.9. The molecule has 2 N–H and O–H groups in total. The van der Waals surface area contributed by atoms with Crippen molar-refractivity contribution in [2.75, 3.05) is 16.8 Å². The van der Waals surface area contributed by atoms with E-state index < -0.39 is 12.3 Å². The zero-order valence-corrected chi connectivity index (χ0v) is 24.9. The molecule has 2 saturated heterocycles. The Morgan fingerprint density at radius 3 is 2.42 bits per heavy atom. The van der Waals surface area contributed by atoms with Gasteiger partial charge in [-0.05, 0) is 50.1 Å². The van der Waals surface area contributed by atoms with Gasteiger partial charge in [0.1, 0.15) is 0 Å². The summed E-state index contributed by atoms with van der Waals surface area (Å²) in [5.41, 5.74) is 1.67. The second kappa shape index (κ2) is 11.7. The molecule has 2 aliphatic heterocycles. The summed E-state index contributed by atoms with van der Waals surface area (Å²) >= 11 is 0. The van der Waals surface area contributed by atoms with Gasteiger partial charge >= 0.3 is 6.09 Å². The fraction of sp³-hybridized carbons (Fsp3) is 0.406. The summed E-state index contributed by atoms with van der Waals surface area (Å²) in [6.45, 7) is 8.85. The van der Waals surface area contributed by atoms with Crippen LogP contribution in [-0.2, 0) is 9.53 Å². The van der Waals surface area contributed by atoms with E-state index in [1.807, 2.05) is 65.2 Å². The van der Waals surface area contributed by atoms with Crippen LogP contribution >= 0.6 is 0 Å². The number of hydrogen-bond donors (Lipinski definition) is 2. The lowest BCUT2D eigenvalue weighted by atomic mass is 9.82. The average molecular weight is 584 g/mol. The number of ether oxygens (including phenoxy) is 2. The number of hydrogen-bond acceptors (Lipinski definition) is 8. The smallest absolute Gasteiger partial charge is 0.388 e. The van der Waals surface area contributed by atoms with Crippen molar-refractivity contribution in [3.8, 4) is 5.88 Å². The quantitative estimate of drug-likeness (QED) is 0.279. The van der Waals surface area contributed by atoms with Crippen molar-refractivity contribution < 1.29 is 19.1 Å². The summed E-state index contributed by atoms with van der Waals surface area (Å²) < 4.78 is 14.6. The number of carbonyl (C=O) groups excluding carboxylic acids is 2. The van der Waals surface area contributed by atoms with Crippen LogP contribution in [0.1, 0.15) is 53.2 Å². The van der Waals surface area contributed by atoms with Crippen molar-refractivity contribution >= 4 is 40.5 Å². The number of rotatable bonds is 7. The average Bonchev–Trinajstić information content (AvgIpc) is 3.49. The molecular formula is C32H37N7O4. The van der Waals surface area contributed by atoms with Gasteiger partial charge in [0.25, 0.3) is 5.88 Å². The third-order valence-corrected chi connectivity index (χ3v) is 8.60. The zero-order chi connectivity index (χ0) is 30.1. The summed E-state index contributed by atoms with van der Waals surface area (Å²) in [4.78, 5) is 41.8. The first-order valence-corrected chi connectivity index (χ1v) is 14.9. The number of fused-ring (bicyclic) bond motifs is 3. The fourth-order valence-electron chi connectivity index (χ4n) is 6.13. The predicted molar refractivity (Wildman–Crippen MR) is 163 cm³/mol. The second-order valence-corrected chi connectivity index (χ2v) is 11.5. The van der Waals surface area contributed by atoms with Crippen LogP contribution in [0.5, 0.6) is 5.88 Å². The molecule has 0 spiro atoms. The number of nitrogens with zero attached hydrogens (tertiary/aromatic N) is 5. The summed E-state index contributed by atoms with van der Waals surface area (Å²) in [7, 11) is 0. The topological polar surface area (TPSA) is 124 Å². The van der Waals surface area contributed by atoms with Crippen LogP contribution in [0.4, 0.5) is 22.1 Å². The first-order chi connectivity index (χ1) is 20.8. The summed E-state index contributed by atoms with van der Waals surface area (Å²) in [6, 6.07) is 18.5. The molecule has 2 bridgehead atoms. The van der Waals surface area contributed by atoms with Gasteiger partial charge in [0.2, 0.25) is 11.9 Å². The number of amides is 2. The molecular weight excluding hydrogens is 546 g/mol. The van der Waals surface area contributed by atoms with Crippen molar-refractivity contribution in [2.45, 2.75) is 64.8 Å². The van der Waals surface area contributed by atoms with Gasteiger partial charge in [-0.2, -0.15) is 9.97 Å². The minimum absolute atomic E-state index is 0.0196. The number of carbonyl (C=O) groups is 2. The Bertz CT molecular complexity index is 1570. The van der Waals surface area contributed by atoms with Crippen molar-refractivity contribution in [1.82, 2.24) is 24.8 Å². The van der Waals surface area contributed by atoms with E-state index in [0.29, 0.717) is 17.0 Å². The second-order valence-electron chi connectivity index (χ2n) is 11.5. The van der Waals surface area contributed by atoms with Crippen LogP contribution in [-0.4, -0.2) is 49.7 Å². The first kappa shape index (κ1) is 28.8. The van der Waals surface area contributed by atoms with Crippen molar-refractivity contribution in [1.29, 1.82) is 0 Å². The van der Waals surface area contributed by atoms with Gasteiger partial charge in [-0.15, -0.1) is 0 Å². The van der Waals surface area contributed by atoms with E-state index in [4.69, 9.17) is 9.47 Å². The van der Waals surface area contributed by atoms with Crippen LogP contribution in [0.25, 0.3) is 11.2 Å². The molecule has 2 aliphatic rings. The van der Waals surface area contributed by atoms with Gasteiger partial charge in [-0.1, -0.05) is 64.1 Å². The third kappa shape index (κ3) is 5.34. The number of nitrogens with one attached hydrogen (secondary N) is 2. The molecule has 0 aliphatic carbocycles. The highest BCUT2D eigenvalue weighted by Crippen LogP contribution is 2.48. The summed E-state index contributed by atoms with van der Waals surface area (Å²) in [5, 5.41) is 6.43. The van der Waals surface area contributed by atoms with Gasteiger partial charge < -0.3 is 14.8 Å². The molecule has 224 valence electrons. The molecule has 0 radical (unpaired) electrons. The monoisotopic (exact) mass is 583 g/mol. The lowest BCUT2D eigenvalue weighted by Crippen LogP contribution is -2.39. The minimum atomic E-state index is -0.683. The Morgan fingerprint density at radius 1 is 1.12 bits per heavy atom. The predicted octanol–water partition coefficient (Wildman–Crippen LogP) is 5.82. The van der Waals surface area contributed by atoms with E-state index in [9.17, 15) is 9.59 Å². The van der Waals surface area contributed by atoms with Gasteiger partial charge in [0, 0.05) is 11.8 Å². The van der Waals surface area contributed by atoms with Crippen molar-refractivity contribution in [2.24, 2.45) is 11.8 Å². The highest BCUT2D eigenvalue weighted by molar-refractivity contribution is 5.98. The van der Waals surface area contributed by atoms with Gasteiger partial charge in [0.15, 0.2) is 17.4 Å². The Labute approximate surface area is 250 Å². The maximum Gasteiger partial charge on any atom is 0.425 e. The first-order valence-electron chi connectivity index (χ1n) is 14.9. The highest BCUT2D eigenvalue weighted by atomic mass is 16.6. The SMILES string of the molecule is CC[C@@]12CCCN[C@@H]([C@H](n3cnc4c(OC(=O)N(c5ccccc5)c5ccccc5)nc(NC(=O)C(C)C)nc43)O1)[C@@H]2C. The molecule has 6 rings (SSSR count). The van der Waals surface area contributed by atoms with E-state index in [2.05, 4.69) is 39.4 Å². The van der Waals surface area contributed by atoms with E-state index in [1.165, 1.54) is 4.90 Å². The van der Waals surface area contributed by atoms with Crippen molar-refractivity contribution in [3.05, 3.63) is 67.0 Å². The largest absolute Gasteiger partial charge is 0.425 e. The molecule has 4 atom stereocenters. The molecule has 0 unspecified atom stereocenters. The Morgan fingerprint density at radius 2 is 1.79 bits per heavy atom. The number of aromatic nitrogens is 4. The third-order valence-electron chi connectivity index (χ3n) is 8.60.